The molecule has 1 N–H and O–H groups in total. The van der Waals surface area contributed by atoms with Crippen LogP contribution in [0.15, 0.2) is 24.0 Å². The molecule has 2 aromatic heterocycles. The monoisotopic (exact) mass is 352 g/mol. The molecule has 25 heavy (non-hydrogen) atoms. The van der Waals surface area contributed by atoms with Gasteiger partial charge in [0.15, 0.2) is 5.01 Å². The van der Waals surface area contributed by atoms with Gasteiger partial charge in [0, 0.05) is 34.4 Å². The molecule has 2 aliphatic carbocycles. The van der Waals surface area contributed by atoms with Gasteiger partial charge < -0.3 is 5.32 Å². The molecule has 128 valence electrons. The largest absolute Gasteiger partial charge is 0.345 e. The number of nitrogens with one attached hydrogen (secondary N) is 1. The lowest BCUT2D eigenvalue weighted by Gasteiger charge is -2.37. The van der Waals surface area contributed by atoms with Crippen molar-refractivity contribution in [2.45, 2.75) is 51.0 Å². The van der Waals surface area contributed by atoms with Gasteiger partial charge in [-0.25, -0.2) is 9.97 Å². The smallest absolute Gasteiger partial charge is 0.271 e. The molecule has 2 aliphatic rings. The molecule has 1 amide bonds. The maximum absolute atomic E-state index is 12.5. The fourth-order valence-electron chi connectivity index (χ4n) is 4.15. The maximum Gasteiger partial charge on any atom is 0.271 e. The quantitative estimate of drug-likeness (QED) is 0.843. The molecule has 2 bridgehead atoms. The highest BCUT2D eigenvalue weighted by Gasteiger charge is 2.51. The lowest BCUT2D eigenvalue weighted by Crippen LogP contribution is -2.49. The first-order chi connectivity index (χ1) is 12.1. The summed E-state index contributed by atoms with van der Waals surface area (Å²) in [6.45, 7) is 1.99. The summed E-state index contributed by atoms with van der Waals surface area (Å²) >= 11 is 1.60. The number of thiazole rings is 1. The summed E-state index contributed by atoms with van der Waals surface area (Å²) in [6, 6.07) is 0. The lowest BCUT2D eigenvalue weighted by atomic mass is 9.73. The third-order valence-corrected chi connectivity index (χ3v) is 6.17. The van der Waals surface area contributed by atoms with Gasteiger partial charge in [-0.3, -0.25) is 9.78 Å². The number of aryl methyl sites for hydroxylation is 1. The number of carbonyl (C=O) groups is 1. The molecule has 5 nitrogen and oxygen atoms in total. The van der Waals surface area contributed by atoms with E-state index < -0.39 is 0 Å². The summed E-state index contributed by atoms with van der Waals surface area (Å²) in [6.07, 6.45) is 10.8. The predicted octanol–water partition coefficient (Wildman–Crippen LogP) is 3.12. The Bertz CT molecular complexity index is 853. The van der Waals surface area contributed by atoms with E-state index in [4.69, 9.17) is 0 Å². The van der Waals surface area contributed by atoms with Crippen molar-refractivity contribution >= 4 is 17.2 Å². The summed E-state index contributed by atoms with van der Waals surface area (Å²) in [5, 5.41) is 6.16. The van der Waals surface area contributed by atoms with E-state index in [1.165, 1.54) is 6.20 Å². The van der Waals surface area contributed by atoms with Gasteiger partial charge in [-0.05, 0) is 51.4 Å². The van der Waals surface area contributed by atoms with E-state index in [0.29, 0.717) is 5.69 Å². The van der Waals surface area contributed by atoms with Gasteiger partial charge in [0.05, 0.1) is 6.20 Å². The van der Waals surface area contributed by atoms with Crippen molar-refractivity contribution < 1.29 is 4.79 Å². The summed E-state index contributed by atoms with van der Waals surface area (Å²) in [5.41, 5.74) is 1.25. The van der Waals surface area contributed by atoms with Crippen LogP contribution in [0.1, 0.15) is 59.7 Å². The van der Waals surface area contributed by atoms with E-state index in [1.807, 2.05) is 12.3 Å². The van der Waals surface area contributed by atoms with Crippen LogP contribution in [0.25, 0.3) is 0 Å². The Morgan fingerprint density at radius 2 is 2.20 bits per heavy atom. The van der Waals surface area contributed by atoms with E-state index in [-0.39, 0.29) is 16.9 Å². The van der Waals surface area contributed by atoms with Crippen molar-refractivity contribution in [2.24, 2.45) is 5.41 Å². The number of aromatic nitrogens is 3. The van der Waals surface area contributed by atoms with Crippen LogP contribution in [0, 0.1) is 24.2 Å². The van der Waals surface area contributed by atoms with Crippen LogP contribution < -0.4 is 5.32 Å². The van der Waals surface area contributed by atoms with Crippen LogP contribution in [-0.4, -0.2) is 26.4 Å². The standard InChI is InChI=1S/C19H20N4OS/c1-14-12-25-16(22-14)3-6-18-4-2-5-19(13-18,8-7-18)23-17(24)15-11-20-9-10-21-15/h9-12H,2,4-5,7-8,13H2,1H3,(H,23,24). The molecule has 2 fully saturated rings. The van der Waals surface area contributed by atoms with Gasteiger partial charge in [0.25, 0.3) is 5.91 Å². The summed E-state index contributed by atoms with van der Waals surface area (Å²) in [5.74, 6) is 6.66. The third kappa shape index (κ3) is 3.29. The van der Waals surface area contributed by atoms with Crippen molar-refractivity contribution in [1.82, 2.24) is 20.3 Å². The summed E-state index contributed by atoms with van der Waals surface area (Å²) < 4.78 is 0. The average Bonchev–Trinajstić information content (AvgIpc) is 3.15. The Labute approximate surface area is 151 Å². The molecule has 0 radical (unpaired) electrons. The molecule has 6 heteroatoms. The molecule has 2 aromatic rings. The zero-order valence-electron chi connectivity index (χ0n) is 14.2. The zero-order chi connectivity index (χ0) is 17.3. The molecular weight excluding hydrogens is 332 g/mol. The van der Waals surface area contributed by atoms with Crippen LogP contribution in [-0.2, 0) is 0 Å². The molecule has 2 heterocycles. The number of carbonyl (C=O) groups excluding carboxylic acids is 1. The van der Waals surface area contributed by atoms with E-state index in [1.54, 1.807) is 23.7 Å². The number of hydrogen-bond donors (Lipinski definition) is 1. The molecule has 0 aliphatic heterocycles. The minimum Gasteiger partial charge on any atom is -0.345 e. The van der Waals surface area contributed by atoms with Gasteiger partial charge in [0.1, 0.15) is 5.69 Å². The highest BCUT2D eigenvalue weighted by Crippen LogP contribution is 2.53. The van der Waals surface area contributed by atoms with Crippen LogP contribution in [0.5, 0.6) is 0 Å². The fourth-order valence-corrected chi connectivity index (χ4v) is 4.79. The fraction of sp³-hybridized carbons (Fsp3) is 0.474. The Morgan fingerprint density at radius 3 is 2.96 bits per heavy atom. The van der Waals surface area contributed by atoms with Gasteiger partial charge in [-0.1, -0.05) is 5.92 Å². The molecule has 0 aromatic carbocycles. The normalized spacial score (nSPS) is 27.4. The van der Waals surface area contributed by atoms with E-state index >= 15 is 0 Å². The first-order valence-corrected chi connectivity index (χ1v) is 9.50. The zero-order valence-corrected chi connectivity index (χ0v) is 15.0. The average molecular weight is 352 g/mol. The van der Waals surface area contributed by atoms with Crippen LogP contribution >= 0.6 is 11.3 Å². The molecule has 0 saturated heterocycles. The van der Waals surface area contributed by atoms with Crippen LogP contribution in [0.4, 0.5) is 0 Å². The first kappa shape index (κ1) is 16.2. The second-order valence-electron chi connectivity index (χ2n) is 7.18. The molecule has 4 rings (SSSR count). The van der Waals surface area contributed by atoms with Crippen LogP contribution in [0.2, 0.25) is 0 Å². The Morgan fingerprint density at radius 1 is 1.28 bits per heavy atom. The topological polar surface area (TPSA) is 67.8 Å². The predicted molar refractivity (Wildman–Crippen MR) is 96.1 cm³/mol. The number of rotatable bonds is 2. The van der Waals surface area contributed by atoms with Crippen molar-refractivity contribution in [2.75, 3.05) is 0 Å². The number of hydrogen-bond acceptors (Lipinski definition) is 5. The van der Waals surface area contributed by atoms with Gasteiger partial charge in [-0.15, -0.1) is 11.3 Å². The number of amides is 1. The van der Waals surface area contributed by atoms with Gasteiger partial charge in [0.2, 0.25) is 0 Å². The van der Waals surface area contributed by atoms with Crippen molar-refractivity contribution in [3.05, 3.63) is 40.4 Å². The SMILES string of the molecule is Cc1csc(C#CC23CCCC(NC(=O)c4cnccn4)(CC2)C3)n1. The van der Waals surface area contributed by atoms with Crippen molar-refractivity contribution in [3.63, 3.8) is 0 Å². The minimum absolute atomic E-state index is 0.00741. The Balaban J connectivity index is 1.51. The minimum atomic E-state index is -0.152. The first-order valence-electron chi connectivity index (χ1n) is 8.62. The van der Waals surface area contributed by atoms with E-state index in [2.05, 4.69) is 32.1 Å². The highest BCUT2D eigenvalue weighted by molar-refractivity contribution is 7.10. The third-order valence-electron chi connectivity index (χ3n) is 5.30. The van der Waals surface area contributed by atoms with E-state index in [9.17, 15) is 4.79 Å². The van der Waals surface area contributed by atoms with Gasteiger partial charge in [-0.2, -0.15) is 0 Å². The maximum atomic E-state index is 12.5. The lowest BCUT2D eigenvalue weighted by molar-refractivity contribution is 0.0866. The number of fused-ring (bicyclic) bond motifs is 2. The van der Waals surface area contributed by atoms with Crippen LogP contribution in [0.3, 0.4) is 0 Å². The molecule has 2 atom stereocenters. The second kappa shape index (κ2) is 6.23. The van der Waals surface area contributed by atoms with Crippen molar-refractivity contribution in [1.29, 1.82) is 0 Å². The van der Waals surface area contributed by atoms with Gasteiger partial charge >= 0.3 is 0 Å². The summed E-state index contributed by atoms with van der Waals surface area (Å²) in [4.78, 5) is 25.1. The number of nitrogens with zero attached hydrogens (tertiary/aromatic N) is 3. The molecule has 2 unspecified atom stereocenters. The Hall–Kier alpha value is -2.26. The molecule has 0 spiro atoms. The summed E-state index contributed by atoms with van der Waals surface area (Å²) in [7, 11) is 0. The van der Waals surface area contributed by atoms with E-state index in [0.717, 1.165) is 49.2 Å². The Kier molecular flexibility index (Phi) is 4.04. The van der Waals surface area contributed by atoms with Crippen molar-refractivity contribution in [3.8, 4) is 11.8 Å². The second-order valence-corrected chi connectivity index (χ2v) is 8.04. The highest BCUT2D eigenvalue weighted by atomic mass is 32.1. The molecule has 2 saturated carbocycles. The molecular formula is C19H20N4OS.